The van der Waals surface area contributed by atoms with Crippen molar-refractivity contribution in [3.05, 3.63) is 46.9 Å². The van der Waals surface area contributed by atoms with E-state index in [1.54, 1.807) is 24.5 Å². The van der Waals surface area contributed by atoms with Crippen LogP contribution in [0.3, 0.4) is 0 Å². The predicted molar refractivity (Wildman–Crippen MR) is 65.8 cm³/mol. The summed E-state index contributed by atoms with van der Waals surface area (Å²) in [5.41, 5.74) is 0.847. The first-order chi connectivity index (χ1) is 8.67. The highest BCUT2D eigenvalue weighted by Crippen LogP contribution is 2.21. The number of pyridine rings is 1. The number of aliphatic hydroxyl groups is 1. The Labute approximate surface area is 109 Å². The molecule has 2 aromatic rings. The molecule has 94 valence electrons. The predicted octanol–water partition coefficient (Wildman–Crippen LogP) is 1.80. The second kappa shape index (κ2) is 5.20. The zero-order chi connectivity index (χ0) is 13.1. The number of nitrogens with zero attached hydrogens (tertiary/aromatic N) is 2. The van der Waals surface area contributed by atoms with Gasteiger partial charge >= 0.3 is 5.97 Å². The molecule has 5 nitrogen and oxygen atoms in total. The first kappa shape index (κ1) is 12.6. The zero-order valence-electron chi connectivity index (χ0n) is 9.63. The van der Waals surface area contributed by atoms with Gasteiger partial charge in [-0.3, -0.25) is 4.57 Å². The van der Waals surface area contributed by atoms with Crippen LogP contribution in [0.5, 0.6) is 0 Å². The number of methoxy groups -OCH3 is 1. The zero-order valence-corrected chi connectivity index (χ0v) is 10.4. The van der Waals surface area contributed by atoms with E-state index in [1.807, 2.05) is 0 Å². The van der Waals surface area contributed by atoms with Crippen molar-refractivity contribution in [2.24, 2.45) is 0 Å². The molecule has 0 aromatic carbocycles. The average Bonchev–Trinajstić information content (AvgIpc) is 2.82. The van der Waals surface area contributed by atoms with E-state index < -0.39 is 5.97 Å². The first-order valence-corrected chi connectivity index (χ1v) is 5.56. The highest BCUT2D eigenvalue weighted by Gasteiger charge is 2.17. The Balaban J connectivity index is 2.59. The van der Waals surface area contributed by atoms with Crippen LogP contribution >= 0.6 is 11.6 Å². The van der Waals surface area contributed by atoms with E-state index in [0.717, 1.165) is 0 Å². The Morgan fingerprint density at radius 2 is 2.39 bits per heavy atom. The number of rotatable bonds is 3. The third-order valence-electron chi connectivity index (χ3n) is 2.42. The molecule has 0 aliphatic carbocycles. The monoisotopic (exact) mass is 266 g/mol. The third-order valence-corrected chi connectivity index (χ3v) is 2.72. The van der Waals surface area contributed by atoms with Crippen LogP contribution in [0, 0.1) is 0 Å². The molecule has 1 N–H and O–H groups in total. The molecule has 2 rings (SSSR count). The van der Waals surface area contributed by atoms with Crippen molar-refractivity contribution < 1.29 is 14.6 Å². The number of halogens is 1. The Morgan fingerprint density at radius 3 is 3.00 bits per heavy atom. The van der Waals surface area contributed by atoms with Crippen LogP contribution in [0.4, 0.5) is 0 Å². The quantitative estimate of drug-likeness (QED) is 0.861. The maximum atomic E-state index is 11.7. The second-order valence-corrected chi connectivity index (χ2v) is 3.97. The smallest absolute Gasteiger partial charge is 0.355 e. The largest absolute Gasteiger partial charge is 0.464 e. The maximum Gasteiger partial charge on any atom is 0.355 e. The summed E-state index contributed by atoms with van der Waals surface area (Å²) in [6, 6.07) is 4.90. The van der Waals surface area contributed by atoms with Gasteiger partial charge in [-0.2, -0.15) is 0 Å². The minimum Gasteiger partial charge on any atom is -0.464 e. The SMILES string of the molecule is COC(=O)c1cc(CO)cn1-c1ncccc1Cl. The van der Waals surface area contributed by atoms with Crippen molar-refractivity contribution >= 4 is 17.6 Å². The number of esters is 1. The summed E-state index contributed by atoms with van der Waals surface area (Å²) < 4.78 is 6.18. The molecule has 6 heteroatoms. The third kappa shape index (κ3) is 2.23. The van der Waals surface area contributed by atoms with E-state index in [9.17, 15) is 4.79 Å². The van der Waals surface area contributed by atoms with E-state index in [-0.39, 0.29) is 12.3 Å². The van der Waals surface area contributed by atoms with Gasteiger partial charge < -0.3 is 9.84 Å². The number of aliphatic hydroxyl groups excluding tert-OH is 1. The normalized spacial score (nSPS) is 10.4. The molecule has 18 heavy (non-hydrogen) atoms. The summed E-state index contributed by atoms with van der Waals surface area (Å²) in [5, 5.41) is 9.53. The van der Waals surface area contributed by atoms with Crippen LogP contribution in [0.25, 0.3) is 5.82 Å². The lowest BCUT2D eigenvalue weighted by Crippen LogP contribution is -2.09. The molecule has 0 unspecified atom stereocenters. The Hall–Kier alpha value is -1.85. The number of carbonyl (C=O) groups excluding carboxylic acids is 1. The molecule has 0 aliphatic rings. The summed E-state index contributed by atoms with van der Waals surface area (Å²) in [6.07, 6.45) is 3.17. The van der Waals surface area contributed by atoms with E-state index in [2.05, 4.69) is 9.72 Å². The van der Waals surface area contributed by atoms with Crippen molar-refractivity contribution in [1.82, 2.24) is 9.55 Å². The van der Waals surface area contributed by atoms with E-state index in [0.29, 0.717) is 16.4 Å². The molecule has 0 saturated carbocycles. The number of ether oxygens (including phenoxy) is 1. The Morgan fingerprint density at radius 1 is 1.61 bits per heavy atom. The lowest BCUT2D eigenvalue weighted by atomic mass is 10.3. The molecule has 0 aliphatic heterocycles. The van der Waals surface area contributed by atoms with Crippen LogP contribution in [0.15, 0.2) is 30.6 Å². The second-order valence-electron chi connectivity index (χ2n) is 3.56. The van der Waals surface area contributed by atoms with Gasteiger partial charge in [0.25, 0.3) is 0 Å². The highest BCUT2D eigenvalue weighted by atomic mass is 35.5. The fourth-order valence-corrected chi connectivity index (χ4v) is 1.81. The molecule has 2 aromatic heterocycles. The number of hydrogen-bond donors (Lipinski definition) is 1. The van der Waals surface area contributed by atoms with Gasteiger partial charge in [-0.1, -0.05) is 11.6 Å². The van der Waals surface area contributed by atoms with Gasteiger partial charge in [0.15, 0.2) is 5.82 Å². The van der Waals surface area contributed by atoms with Gasteiger partial charge in [-0.15, -0.1) is 0 Å². The van der Waals surface area contributed by atoms with Gasteiger partial charge in [0.1, 0.15) is 5.69 Å². The molecule has 0 spiro atoms. The van der Waals surface area contributed by atoms with Crippen molar-refractivity contribution in [2.75, 3.05) is 7.11 Å². The van der Waals surface area contributed by atoms with Gasteiger partial charge in [0, 0.05) is 12.4 Å². The fraction of sp³-hybridized carbons (Fsp3) is 0.167. The van der Waals surface area contributed by atoms with Gasteiger partial charge in [-0.05, 0) is 23.8 Å². The average molecular weight is 267 g/mol. The number of hydrogen-bond acceptors (Lipinski definition) is 4. The van der Waals surface area contributed by atoms with Crippen molar-refractivity contribution in [3.63, 3.8) is 0 Å². The molecular weight excluding hydrogens is 256 g/mol. The summed E-state index contributed by atoms with van der Waals surface area (Å²) in [4.78, 5) is 15.8. The summed E-state index contributed by atoms with van der Waals surface area (Å²) in [6.45, 7) is -0.179. The Kier molecular flexibility index (Phi) is 3.64. The molecule has 0 saturated heterocycles. The lowest BCUT2D eigenvalue weighted by Gasteiger charge is -2.07. The minimum absolute atomic E-state index is 0.179. The topological polar surface area (TPSA) is 64.3 Å². The number of aromatic nitrogens is 2. The van der Waals surface area contributed by atoms with Crippen LogP contribution in [0.2, 0.25) is 5.02 Å². The standard InChI is InChI=1S/C12H11ClN2O3/c1-18-12(17)10-5-8(7-16)6-15(10)11-9(13)3-2-4-14-11/h2-6,16H,7H2,1H3. The van der Waals surface area contributed by atoms with Crippen LogP contribution in [-0.4, -0.2) is 27.7 Å². The van der Waals surface area contributed by atoms with Crippen LogP contribution < -0.4 is 0 Å². The lowest BCUT2D eigenvalue weighted by molar-refractivity contribution is 0.0591. The van der Waals surface area contributed by atoms with E-state index in [4.69, 9.17) is 16.7 Å². The molecular formula is C12H11ClN2O3. The minimum atomic E-state index is -0.517. The van der Waals surface area contributed by atoms with Crippen LogP contribution in [-0.2, 0) is 11.3 Å². The summed E-state index contributed by atoms with van der Waals surface area (Å²) in [7, 11) is 1.29. The molecule has 0 amide bonds. The van der Waals surface area contributed by atoms with Gasteiger partial charge in [0.05, 0.1) is 18.7 Å². The Bertz CT molecular complexity index is 580. The highest BCUT2D eigenvalue weighted by molar-refractivity contribution is 6.32. The molecule has 2 heterocycles. The van der Waals surface area contributed by atoms with Gasteiger partial charge in [0.2, 0.25) is 0 Å². The van der Waals surface area contributed by atoms with E-state index >= 15 is 0 Å². The summed E-state index contributed by atoms with van der Waals surface area (Å²) >= 11 is 6.03. The van der Waals surface area contributed by atoms with Crippen molar-refractivity contribution in [2.45, 2.75) is 6.61 Å². The fourth-order valence-electron chi connectivity index (χ4n) is 1.60. The first-order valence-electron chi connectivity index (χ1n) is 5.18. The molecule has 0 fully saturated rings. The summed E-state index contributed by atoms with van der Waals surface area (Å²) in [5.74, 6) is -0.101. The van der Waals surface area contributed by atoms with Gasteiger partial charge in [-0.25, -0.2) is 9.78 Å². The molecule has 0 bridgehead atoms. The molecule has 0 atom stereocenters. The van der Waals surface area contributed by atoms with Crippen molar-refractivity contribution in [1.29, 1.82) is 0 Å². The molecule has 0 radical (unpaired) electrons. The van der Waals surface area contributed by atoms with Crippen molar-refractivity contribution in [3.8, 4) is 5.82 Å². The van der Waals surface area contributed by atoms with E-state index in [1.165, 1.54) is 17.7 Å². The number of carbonyl (C=O) groups is 1. The maximum absolute atomic E-state index is 11.7. The van der Waals surface area contributed by atoms with Crippen LogP contribution in [0.1, 0.15) is 16.1 Å².